The number of carboxylic acids is 2. The van der Waals surface area contributed by atoms with Gasteiger partial charge in [-0.15, -0.1) is 0 Å². The lowest BCUT2D eigenvalue weighted by molar-refractivity contribution is -0.147. The zero-order chi connectivity index (χ0) is 20.2. The van der Waals surface area contributed by atoms with Crippen LogP contribution in [0.2, 0.25) is 0 Å². The summed E-state index contributed by atoms with van der Waals surface area (Å²) in [4.78, 5) is 17.4. The quantitative estimate of drug-likeness (QED) is 0.221. The van der Waals surface area contributed by atoms with Crippen LogP contribution in [0.3, 0.4) is 0 Å². The normalized spacial score (nSPS) is 8.70. The van der Waals surface area contributed by atoms with E-state index in [1.54, 1.807) is 27.7 Å². The highest BCUT2D eigenvalue weighted by molar-refractivity contribution is 6.44. The van der Waals surface area contributed by atoms with E-state index in [-0.39, 0.29) is 12.2 Å². The fourth-order valence-electron chi connectivity index (χ4n) is 0.129. The maximum absolute atomic E-state index is 9.43. The fraction of sp³-hybridized carbons (Fsp3) is 0.818. The number of hydrogen-bond acceptors (Lipinski definition) is 6. The predicted molar refractivity (Wildman–Crippen MR) is 94.0 cm³/mol. The second-order valence-electron chi connectivity index (χ2n) is 3.82. The maximum Gasteiger partial charge on any atom is 0.314 e. The molecule has 8 nitrogen and oxygen atoms in total. The van der Waals surface area contributed by atoms with Crippen LogP contribution in [-0.2, 0) is 9.59 Å². The Hall–Kier alpha value is -0.0600. The molecule has 0 bridgehead atoms. The molecule has 0 rings (SSSR count). The molecule has 0 spiro atoms. The zero-order valence-corrected chi connectivity index (χ0v) is 16.3. The number of aliphatic hydroxyl groups is 2. The van der Waals surface area contributed by atoms with Gasteiger partial charge in [0.2, 0.25) is 0 Å². The first-order chi connectivity index (χ1) is 10.1. The molecule has 0 unspecified atom stereocenters. The van der Waals surface area contributed by atoms with Crippen LogP contribution in [0.1, 0.15) is 34.1 Å². The summed E-state index contributed by atoms with van der Waals surface area (Å²) < 4.78 is 0. The Labute approximate surface area is 156 Å². The van der Waals surface area contributed by atoms with Gasteiger partial charge in [0.25, 0.3) is 0 Å². The van der Waals surface area contributed by atoms with E-state index in [9.17, 15) is 9.59 Å². The van der Waals surface area contributed by atoms with Crippen molar-refractivity contribution in [3.8, 4) is 0 Å². The van der Waals surface area contributed by atoms with Crippen LogP contribution < -0.4 is 11.5 Å². The second-order valence-corrected chi connectivity index (χ2v) is 6.15. The van der Waals surface area contributed by atoms with Crippen LogP contribution >= 0.6 is 46.4 Å². The van der Waals surface area contributed by atoms with E-state index in [2.05, 4.69) is 11.5 Å². The van der Waals surface area contributed by atoms with Gasteiger partial charge in [-0.2, -0.15) is 0 Å². The van der Waals surface area contributed by atoms with Crippen molar-refractivity contribution < 1.29 is 30.0 Å². The molecule has 0 amide bonds. The third-order valence-electron chi connectivity index (χ3n) is 0.302. The Morgan fingerprint density at radius 3 is 0.870 bits per heavy atom. The molecular formula is C11H26Cl4N2O6. The Bertz CT molecular complexity index is 210. The summed E-state index contributed by atoms with van der Waals surface area (Å²) in [7, 11) is 0. The van der Waals surface area contributed by atoms with Gasteiger partial charge >= 0.3 is 11.9 Å². The Morgan fingerprint density at radius 2 is 0.870 bits per heavy atom. The number of halogens is 4. The summed E-state index contributed by atoms with van der Waals surface area (Å²) in [5, 5.41) is 31.5. The zero-order valence-electron chi connectivity index (χ0n) is 13.3. The van der Waals surface area contributed by atoms with Crippen molar-refractivity contribution >= 4 is 58.3 Å². The average Bonchev–Trinajstić information content (AvgIpc) is 2.09. The molecular weight excluding hydrogens is 398 g/mol. The van der Waals surface area contributed by atoms with Crippen LogP contribution in [0.5, 0.6) is 0 Å². The lowest BCUT2D eigenvalue weighted by Crippen LogP contribution is -2.03. The fourth-order valence-corrected chi connectivity index (χ4v) is 0.129. The Morgan fingerprint density at radius 1 is 0.783 bits per heavy atom. The third kappa shape index (κ3) is 562. The van der Waals surface area contributed by atoms with Gasteiger partial charge in [0.15, 0.2) is 9.92 Å². The molecule has 144 valence electrons. The molecule has 0 saturated heterocycles. The number of alkyl halides is 4. The molecule has 0 aliphatic heterocycles. The largest absolute Gasteiger partial charge is 0.481 e. The molecule has 0 fully saturated rings. The molecule has 8 N–H and O–H groups in total. The lowest BCUT2D eigenvalue weighted by atomic mass is 10.5. The summed E-state index contributed by atoms with van der Waals surface area (Å²) in [6, 6.07) is 0. The minimum Gasteiger partial charge on any atom is -0.481 e. The Kier molecular flexibility index (Phi) is 40.0. The number of aliphatic hydroxyl groups excluding tert-OH is 2. The topological polar surface area (TPSA) is 167 Å². The van der Waals surface area contributed by atoms with E-state index in [0.29, 0.717) is 0 Å². The molecule has 0 aromatic heterocycles. The lowest BCUT2D eigenvalue weighted by Gasteiger charge is -1.80. The standard InChI is InChI=1S/C3H4O4.2C3H8O.2CH3Cl2N/c4-2(5)1-3(6)7;2*1-3(2)4;2*2-1(3)4/h1H2,(H,4,5)(H,6,7);2*3-4H,1-2H3;2*1H,4H2. The van der Waals surface area contributed by atoms with Gasteiger partial charge in [-0.05, 0) is 27.7 Å². The molecule has 0 aliphatic carbocycles. The van der Waals surface area contributed by atoms with Crippen LogP contribution in [0.4, 0.5) is 0 Å². The van der Waals surface area contributed by atoms with Gasteiger partial charge in [0.05, 0.1) is 0 Å². The van der Waals surface area contributed by atoms with E-state index in [0.717, 1.165) is 0 Å². The van der Waals surface area contributed by atoms with Crippen molar-refractivity contribution in [2.45, 2.75) is 56.2 Å². The predicted octanol–water partition coefficient (Wildman–Crippen LogP) is 1.73. The molecule has 0 heterocycles. The van der Waals surface area contributed by atoms with Crippen LogP contribution in [0.25, 0.3) is 0 Å². The minimum absolute atomic E-state index is 0.167. The first-order valence-corrected chi connectivity index (χ1v) is 7.67. The molecule has 0 aliphatic rings. The van der Waals surface area contributed by atoms with Gasteiger partial charge in [0, 0.05) is 12.2 Å². The molecule has 0 aromatic rings. The van der Waals surface area contributed by atoms with Crippen LogP contribution in [0.15, 0.2) is 0 Å². The van der Waals surface area contributed by atoms with Gasteiger partial charge < -0.3 is 31.9 Å². The number of nitrogens with two attached hydrogens (primary N) is 2. The molecule has 12 heteroatoms. The van der Waals surface area contributed by atoms with Crippen molar-refractivity contribution in [3.05, 3.63) is 0 Å². The van der Waals surface area contributed by atoms with E-state index >= 15 is 0 Å². The van der Waals surface area contributed by atoms with Gasteiger partial charge in [0.1, 0.15) is 6.42 Å². The van der Waals surface area contributed by atoms with Gasteiger partial charge in [-0.25, -0.2) is 0 Å². The molecule has 0 saturated carbocycles. The number of carbonyl (C=O) groups is 2. The van der Waals surface area contributed by atoms with Crippen molar-refractivity contribution in [3.63, 3.8) is 0 Å². The summed E-state index contributed by atoms with van der Waals surface area (Å²) in [6.07, 6.45) is -1.14. The summed E-state index contributed by atoms with van der Waals surface area (Å²) in [5.74, 6) is -2.62. The van der Waals surface area contributed by atoms with Crippen molar-refractivity contribution in [1.82, 2.24) is 0 Å². The highest BCUT2D eigenvalue weighted by Crippen LogP contribution is 1.86. The molecule has 0 radical (unpaired) electrons. The summed E-state index contributed by atoms with van der Waals surface area (Å²) in [5.41, 5.74) is 9.28. The highest BCUT2D eigenvalue weighted by atomic mass is 35.5. The van der Waals surface area contributed by atoms with Crippen molar-refractivity contribution in [1.29, 1.82) is 0 Å². The number of aliphatic carboxylic acids is 2. The molecule has 0 atom stereocenters. The maximum atomic E-state index is 9.43. The smallest absolute Gasteiger partial charge is 0.314 e. The van der Waals surface area contributed by atoms with Crippen molar-refractivity contribution in [2.75, 3.05) is 0 Å². The monoisotopic (exact) mass is 422 g/mol. The van der Waals surface area contributed by atoms with Gasteiger partial charge in [-0.3, -0.25) is 9.59 Å². The van der Waals surface area contributed by atoms with E-state index in [4.69, 9.17) is 66.8 Å². The third-order valence-corrected chi connectivity index (χ3v) is 0.302. The van der Waals surface area contributed by atoms with E-state index in [1.165, 1.54) is 0 Å². The van der Waals surface area contributed by atoms with E-state index < -0.39 is 28.3 Å². The molecule has 23 heavy (non-hydrogen) atoms. The first kappa shape index (κ1) is 34.3. The second kappa shape index (κ2) is 26.8. The summed E-state index contributed by atoms with van der Waals surface area (Å²) >= 11 is 19.3. The van der Waals surface area contributed by atoms with Crippen LogP contribution in [-0.4, -0.2) is 54.5 Å². The first-order valence-electron chi connectivity index (χ1n) is 5.93. The van der Waals surface area contributed by atoms with Crippen LogP contribution in [0, 0.1) is 0 Å². The van der Waals surface area contributed by atoms with Crippen molar-refractivity contribution in [2.24, 2.45) is 11.5 Å². The van der Waals surface area contributed by atoms with Gasteiger partial charge in [-0.1, -0.05) is 46.4 Å². The summed E-state index contributed by atoms with van der Waals surface area (Å²) in [6.45, 7) is 6.89. The highest BCUT2D eigenvalue weighted by Gasteiger charge is 2.01. The number of carboxylic acid groups (broad SMARTS) is 2. The average molecular weight is 424 g/mol. The number of hydrogen-bond donors (Lipinski definition) is 6. The van der Waals surface area contributed by atoms with E-state index in [1.807, 2.05) is 0 Å². The minimum atomic E-state index is -1.31. The Balaban J connectivity index is -0.0000000604. The molecule has 0 aromatic carbocycles. The SMILES string of the molecule is CC(C)O.CC(C)O.NC(Cl)Cl.NC(Cl)Cl.O=C(O)CC(=O)O. The number of rotatable bonds is 2.